The summed E-state index contributed by atoms with van der Waals surface area (Å²) in [5, 5.41) is 5.72. The number of carbonyl (C=O) groups is 2. The Kier molecular flexibility index (Phi) is 5.25. The second-order valence-electron chi connectivity index (χ2n) is 11.3. The van der Waals surface area contributed by atoms with Gasteiger partial charge in [-0.25, -0.2) is 14.6 Å². The van der Waals surface area contributed by atoms with Crippen LogP contribution in [0, 0.1) is 5.82 Å². The molecule has 3 amide bonds. The van der Waals surface area contributed by atoms with Crippen molar-refractivity contribution in [1.29, 1.82) is 0 Å². The fourth-order valence-electron chi connectivity index (χ4n) is 5.76. The third-order valence-corrected chi connectivity index (χ3v) is 11.9. The van der Waals surface area contributed by atoms with Crippen molar-refractivity contribution < 1.29 is 18.7 Å². The van der Waals surface area contributed by atoms with Gasteiger partial charge in [-0.1, -0.05) is 32.1 Å². The Morgan fingerprint density at radius 3 is 2.62 bits per heavy atom. The van der Waals surface area contributed by atoms with Crippen LogP contribution in [-0.2, 0) is 11.2 Å². The van der Waals surface area contributed by atoms with Crippen LogP contribution in [0.15, 0.2) is 23.4 Å². The van der Waals surface area contributed by atoms with Crippen LogP contribution in [0.5, 0.6) is 5.75 Å². The molecule has 1 aliphatic carbocycles. The van der Waals surface area contributed by atoms with E-state index in [1.165, 1.54) is 6.07 Å². The Labute approximate surface area is 200 Å². The van der Waals surface area contributed by atoms with Crippen LogP contribution in [0.1, 0.15) is 38.7 Å². The van der Waals surface area contributed by atoms with Gasteiger partial charge in [0.15, 0.2) is 5.82 Å². The Balaban J connectivity index is 1.33. The minimum atomic E-state index is -1.71. The molecule has 10 heteroatoms. The highest BCUT2D eigenvalue weighted by atomic mass is 28.3. The summed E-state index contributed by atoms with van der Waals surface area (Å²) in [5.74, 6) is -0.00718. The van der Waals surface area contributed by atoms with Gasteiger partial charge in [-0.05, 0) is 38.3 Å². The molecule has 4 N–H and O–H groups in total. The summed E-state index contributed by atoms with van der Waals surface area (Å²) in [5.41, 5.74) is 8.47. The van der Waals surface area contributed by atoms with E-state index in [0.717, 1.165) is 36.1 Å². The number of rotatable bonds is 4. The Morgan fingerprint density at radius 2 is 1.97 bits per heavy atom. The summed E-state index contributed by atoms with van der Waals surface area (Å²) in [4.78, 5) is 28.4. The lowest BCUT2D eigenvalue weighted by molar-refractivity contribution is -0.127. The molecule has 8 nitrogen and oxygen atoms in total. The van der Waals surface area contributed by atoms with Gasteiger partial charge in [0, 0.05) is 23.6 Å². The second-order valence-corrected chi connectivity index (χ2v) is 16.8. The van der Waals surface area contributed by atoms with Gasteiger partial charge in [0.1, 0.15) is 17.6 Å². The number of ether oxygens (including phenoxy) is 1. The zero-order chi connectivity index (χ0) is 24.5. The summed E-state index contributed by atoms with van der Waals surface area (Å²) in [6.07, 6.45) is 3.27. The average Bonchev–Trinajstić information content (AvgIpc) is 3.38. The maximum absolute atomic E-state index is 14.6. The normalized spacial score (nSPS) is 24.1. The number of amides is 3. The number of hydrogen-bond donors (Lipinski definition) is 4. The molecule has 1 aromatic rings. The van der Waals surface area contributed by atoms with Gasteiger partial charge in [-0.3, -0.25) is 4.79 Å². The third kappa shape index (κ3) is 3.33. The van der Waals surface area contributed by atoms with Crippen LogP contribution < -0.4 is 26.2 Å². The van der Waals surface area contributed by atoms with Crippen LogP contribution in [0.4, 0.5) is 14.9 Å². The van der Waals surface area contributed by atoms with Gasteiger partial charge in [-0.15, -0.1) is 0 Å². The molecule has 3 aliphatic heterocycles. The summed E-state index contributed by atoms with van der Waals surface area (Å²) in [7, 11) is -1.71. The number of hydrogen-bond acceptors (Lipinski definition) is 5. The highest BCUT2D eigenvalue weighted by Crippen LogP contribution is 2.55. The maximum atomic E-state index is 14.6. The first-order chi connectivity index (χ1) is 16.0. The number of nitrogens with zero attached hydrogens (tertiary/aromatic N) is 1. The Bertz CT molecular complexity index is 1090. The van der Waals surface area contributed by atoms with Gasteiger partial charge >= 0.3 is 6.03 Å². The van der Waals surface area contributed by atoms with Crippen LogP contribution in [0.25, 0.3) is 0 Å². The second kappa shape index (κ2) is 7.71. The number of urea groups is 1. The van der Waals surface area contributed by atoms with Gasteiger partial charge in [0.25, 0.3) is 0 Å². The van der Waals surface area contributed by atoms with Crippen LogP contribution in [-0.4, -0.2) is 49.8 Å². The van der Waals surface area contributed by atoms with Crippen molar-refractivity contribution >= 4 is 25.7 Å². The molecule has 0 bridgehead atoms. The van der Waals surface area contributed by atoms with Gasteiger partial charge in [0.2, 0.25) is 5.91 Å². The number of benzene rings is 1. The van der Waals surface area contributed by atoms with E-state index < -0.39 is 31.6 Å². The first-order valence-electron chi connectivity index (χ1n) is 12.0. The highest BCUT2D eigenvalue weighted by Gasteiger charge is 2.55. The molecule has 34 heavy (non-hydrogen) atoms. The number of carbonyl (C=O) groups excluding carboxylic acids is 2. The highest BCUT2D eigenvalue weighted by molar-refractivity contribution is 6.82. The van der Waals surface area contributed by atoms with Crippen molar-refractivity contribution in [2.24, 2.45) is 0 Å². The average molecular weight is 488 g/mol. The monoisotopic (exact) mass is 487 g/mol. The maximum Gasteiger partial charge on any atom is 0.323 e. The van der Waals surface area contributed by atoms with Crippen molar-refractivity contribution in [3.8, 4) is 5.75 Å². The lowest BCUT2D eigenvalue weighted by Gasteiger charge is -2.49. The third-order valence-electron chi connectivity index (χ3n) is 8.26. The molecule has 1 aromatic carbocycles. The first kappa shape index (κ1) is 23.2. The Hall–Kier alpha value is -2.59. The van der Waals surface area contributed by atoms with E-state index in [4.69, 9.17) is 4.74 Å². The zero-order valence-electron chi connectivity index (χ0n) is 20.5. The van der Waals surface area contributed by atoms with Crippen molar-refractivity contribution in [2.75, 3.05) is 18.5 Å². The molecular formula is C24H34FN5O3Si. The van der Waals surface area contributed by atoms with Crippen LogP contribution >= 0.6 is 0 Å². The molecule has 1 saturated carbocycles. The van der Waals surface area contributed by atoms with E-state index in [-0.39, 0.29) is 16.6 Å². The molecule has 184 valence electrons. The molecule has 4 aliphatic rings. The van der Waals surface area contributed by atoms with Gasteiger partial charge in [-0.2, -0.15) is 0 Å². The van der Waals surface area contributed by atoms with Crippen molar-refractivity contribution in [1.82, 2.24) is 21.1 Å². The van der Waals surface area contributed by atoms with E-state index in [1.54, 1.807) is 11.0 Å². The molecule has 0 aromatic heterocycles. The molecule has 1 unspecified atom stereocenters. The number of nitrogens with one attached hydrogen (secondary N) is 4. The number of anilines is 1. The van der Waals surface area contributed by atoms with Gasteiger partial charge in [0.05, 0.1) is 25.9 Å². The van der Waals surface area contributed by atoms with E-state index in [1.807, 2.05) is 13.8 Å². The lowest BCUT2D eigenvalue weighted by Crippen LogP contribution is -2.59. The van der Waals surface area contributed by atoms with Gasteiger partial charge < -0.3 is 25.7 Å². The molecule has 1 atom stereocenters. The summed E-state index contributed by atoms with van der Waals surface area (Å²) in [6.45, 7) is 11.4. The first-order valence-corrected chi connectivity index (χ1v) is 15.5. The minimum Gasteiger partial charge on any atom is -0.491 e. The van der Waals surface area contributed by atoms with Crippen molar-refractivity contribution in [2.45, 2.75) is 75.9 Å². The van der Waals surface area contributed by atoms with E-state index in [0.29, 0.717) is 25.3 Å². The Morgan fingerprint density at radius 1 is 1.24 bits per heavy atom. The number of fused-ring (bicyclic) bond motifs is 1. The molecule has 0 spiro atoms. The van der Waals surface area contributed by atoms with Crippen molar-refractivity contribution in [3.05, 3.63) is 34.8 Å². The fraction of sp³-hybridized carbons (Fsp3) is 0.583. The van der Waals surface area contributed by atoms with E-state index in [2.05, 4.69) is 41.1 Å². The minimum absolute atomic E-state index is 0.0841. The predicted molar refractivity (Wildman–Crippen MR) is 131 cm³/mol. The fourth-order valence-corrected chi connectivity index (χ4v) is 8.37. The molecule has 0 saturated heterocycles. The van der Waals surface area contributed by atoms with E-state index in [9.17, 15) is 14.0 Å². The summed E-state index contributed by atoms with van der Waals surface area (Å²) < 4.78 is 20.2. The molecular weight excluding hydrogens is 453 g/mol. The zero-order valence-corrected chi connectivity index (χ0v) is 21.5. The number of halogens is 1. The molecule has 0 radical (unpaired) electrons. The summed E-state index contributed by atoms with van der Waals surface area (Å²) >= 11 is 0. The summed E-state index contributed by atoms with van der Waals surface area (Å²) in [6, 6.07) is 2.65. The van der Waals surface area contributed by atoms with Crippen molar-refractivity contribution in [3.63, 3.8) is 0 Å². The quantitative estimate of drug-likeness (QED) is 0.488. The largest absolute Gasteiger partial charge is 0.491 e. The van der Waals surface area contributed by atoms with E-state index >= 15 is 0 Å². The van der Waals surface area contributed by atoms with Crippen LogP contribution in [0.3, 0.4) is 0 Å². The molecule has 5 rings (SSSR count). The SMILES string of the molecule is CC1(C)C2=C(CN1C(=O)Nc1c(F)ccc3c1OCC3)C(NC(=O)C1([Si](C)(C)C)CCC1)NN2. The topological polar surface area (TPSA) is 94.7 Å². The number of hydrazine groups is 1. The lowest BCUT2D eigenvalue weighted by atomic mass is 9.83. The standard InChI is InChI=1S/C24H34FN5O3Si/c1-23(2)19-15(20(29-28-19)27-21(31)24(10-6-11-24)34(3,4)5)13-30(23)22(32)26-17-16(25)8-7-14-9-12-33-18(14)17/h7-8,20,28-29H,6,9-13H2,1-5H3,(H,26,32)(H,27,31). The van der Waals surface area contributed by atoms with Crippen LogP contribution in [0.2, 0.25) is 24.7 Å². The smallest absolute Gasteiger partial charge is 0.323 e. The molecule has 3 heterocycles. The predicted octanol–water partition coefficient (Wildman–Crippen LogP) is 3.45. The molecule has 1 fully saturated rings.